The smallest absolute Gasteiger partial charge is 0.162 e. The van der Waals surface area contributed by atoms with Crippen LogP contribution in [0, 0.1) is 18.6 Å². The fourth-order valence-corrected chi connectivity index (χ4v) is 1.96. The summed E-state index contributed by atoms with van der Waals surface area (Å²) in [6, 6.07) is 0.954. The van der Waals surface area contributed by atoms with Gasteiger partial charge in [-0.3, -0.25) is 0 Å². The van der Waals surface area contributed by atoms with Crippen molar-refractivity contribution in [3.8, 4) is 0 Å². The van der Waals surface area contributed by atoms with Crippen molar-refractivity contribution in [1.82, 2.24) is 0 Å². The second kappa shape index (κ2) is 3.40. The number of allylic oxidation sites excluding steroid dienone is 1. The molecule has 0 spiro atoms. The van der Waals surface area contributed by atoms with Gasteiger partial charge in [0, 0.05) is 5.56 Å². The lowest BCUT2D eigenvalue weighted by Crippen LogP contribution is -2.07. The standard InChI is InChI=1S/C12H11F3/c1-6-3-4-8-7(2)12(15)10(13)5-9(8)11(6)14/h5H,3-4H2,1-2H3. The molecular formula is C12H11F3. The van der Waals surface area contributed by atoms with E-state index in [1.165, 1.54) is 6.92 Å². The predicted octanol–water partition coefficient (Wildman–Crippen LogP) is 3.92. The fraction of sp³-hybridized carbons (Fsp3) is 0.333. The normalized spacial score (nSPS) is 15.5. The van der Waals surface area contributed by atoms with Crippen molar-refractivity contribution in [2.45, 2.75) is 26.7 Å². The second-order valence-corrected chi connectivity index (χ2v) is 3.92. The molecule has 15 heavy (non-hydrogen) atoms. The highest BCUT2D eigenvalue weighted by atomic mass is 19.2. The van der Waals surface area contributed by atoms with Crippen molar-refractivity contribution in [2.24, 2.45) is 0 Å². The Morgan fingerprint density at radius 1 is 1.07 bits per heavy atom. The third-order valence-corrected chi connectivity index (χ3v) is 2.95. The third-order valence-electron chi connectivity index (χ3n) is 2.95. The molecule has 0 fully saturated rings. The molecule has 0 atom stereocenters. The maximum Gasteiger partial charge on any atom is 0.162 e. The molecule has 80 valence electrons. The predicted molar refractivity (Wildman–Crippen MR) is 53.1 cm³/mol. The van der Waals surface area contributed by atoms with Gasteiger partial charge in [-0.2, -0.15) is 0 Å². The maximum absolute atomic E-state index is 13.7. The highest BCUT2D eigenvalue weighted by molar-refractivity contribution is 5.68. The average molecular weight is 212 g/mol. The van der Waals surface area contributed by atoms with Crippen molar-refractivity contribution in [1.29, 1.82) is 0 Å². The van der Waals surface area contributed by atoms with Gasteiger partial charge in [0.05, 0.1) is 0 Å². The first-order valence-corrected chi connectivity index (χ1v) is 4.85. The fourth-order valence-electron chi connectivity index (χ4n) is 1.96. The van der Waals surface area contributed by atoms with E-state index in [9.17, 15) is 13.2 Å². The van der Waals surface area contributed by atoms with E-state index in [4.69, 9.17) is 0 Å². The summed E-state index contributed by atoms with van der Waals surface area (Å²) < 4.78 is 40.0. The quantitative estimate of drug-likeness (QED) is 0.611. The Balaban J connectivity index is 2.73. The molecule has 0 amide bonds. The Kier molecular flexibility index (Phi) is 2.33. The molecule has 0 bridgehead atoms. The van der Waals surface area contributed by atoms with E-state index in [0.29, 0.717) is 24.0 Å². The zero-order chi connectivity index (χ0) is 11.2. The van der Waals surface area contributed by atoms with Crippen LogP contribution in [-0.2, 0) is 6.42 Å². The Hall–Kier alpha value is -1.25. The summed E-state index contributed by atoms with van der Waals surface area (Å²) in [7, 11) is 0. The van der Waals surface area contributed by atoms with Gasteiger partial charge >= 0.3 is 0 Å². The molecule has 1 aliphatic rings. The third kappa shape index (κ3) is 1.46. The zero-order valence-corrected chi connectivity index (χ0v) is 8.63. The van der Waals surface area contributed by atoms with Crippen LogP contribution in [0.4, 0.5) is 13.2 Å². The number of rotatable bonds is 0. The van der Waals surface area contributed by atoms with Crippen LogP contribution >= 0.6 is 0 Å². The van der Waals surface area contributed by atoms with Crippen LogP contribution in [0.2, 0.25) is 0 Å². The van der Waals surface area contributed by atoms with Gasteiger partial charge in [-0.15, -0.1) is 0 Å². The number of fused-ring (bicyclic) bond motifs is 1. The molecule has 0 aromatic heterocycles. The molecule has 1 aliphatic carbocycles. The Bertz CT molecular complexity index is 458. The number of hydrogen-bond donors (Lipinski definition) is 0. The lowest BCUT2D eigenvalue weighted by molar-refractivity contribution is 0.499. The van der Waals surface area contributed by atoms with Crippen LogP contribution in [0.15, 0.2) is 11.6 Å². The molecule has 0 N–H and O–H groups in total. The molecule has 1 aromatic rings. The maximum atomic E-state index is 13.7. The summed E-state index contributed by atoms with van der Waals surface area (Å²) in [5.41, 5.74) is 1.65. The van der Waals surface area contributed by atoms with Crippen LogP contribution in [0.1, 0.15) is 30.0 Å². The molecule has 0 saturated carbocycles. The monoisotopic (exact) mass is 212 g/mol. The van der Waals surface area contributed by atoms with Crippen LogP contribution in [-0.4, -0.2) is 0 Å². The van der Waals surface area contributed by atoms with E-state index in [2.05, 4.69) is 0 Å². The number of hydrogen-bond acceptors (Lipinski definition) is 0. The van der Waals surface area contributed by atoms with Crippen LogP contribution in [0.5, 0.6) is 0 Å². The molecule has 0 nitrogen and oxygen atoms in total. The van der Waals surface area contributed by atoms with E-state index in [1.807, 2.05) is 0 Å². The van der Waals surface area contributed by atoms with Gasteiger partial charge < -0.3 is 0 Å². The summed E-state index contributed by atoms with van der Waals surface area (Å²) in [6.07, 6.45) is 1.16. The lowest BCUT2D eigenvalue weighted by atomic mass is 9.88. The Labute approximate surface area is 86.4 Å². The van der Waals surface area contributed by atoms with Crippen LogP contribution in [0.25, 0.3) is 5.83 Å². The number of halogens is 3. The van der Waals surface area contributed by atoms with Crippen molar-refractivity contribution in [3.05, 3.63) is 40.0 Å². The van der Waals surface area contributed by atoms with E-state index in [1.54, 1.807) is 6.92 Å². The minimum atomic E-state index is -0.976. The van der Waals surface area contributed by atoms with Gasteiger partial charge in [0.25, 0.3) is 0 Å². The summed E-state index contributed by atoms with van der Waals surface area (Å²) >= 11 is 0. The van der Waals surface area contributed by atoms with Gasteiger partial charge in [0.1, 0.15) is 5.83 Å². The first-order valence-electron chi connectivity index (χ1n) is 4.85. The van der Waals surface area contributed by atoms with Crippen molar-refractivity contribution < 1.29 is 13.2 Å². The van der Waals surface area contributed by atoms with Gasteiger partial charge in [-0.25, -0.2) is 13.2 Å². The van der Waals surface area contributed by atoms with Gasteiger partial charge in [-0.1, -0.05) is 0 Å². The topological polar surface area (TPSA) is 0 Å². The van der Waals surface area contributed by atoms with E-state index in [-0.39, 0.29) is 11.1 Å². The van der Waals surface area contributed by atoms with E-state index >= 15 is 0 Å². The van der Waals surface area contributed by atoms with Crippen LogP contribution in [0.3, 0.4) is 0 Å². The average Bonchev–Trinajstić information content (AvgIpc) is 2.21. The molecule has 3 heteroatoms. The van der Waals surface area contributed by atoms with Crippen LogP contribution < -0.4 is 0 Å². The molecular weight excluding hydrogens is 201 g/mol. The SMILES string of the molecule is CC1=C(F)c2cc(F)c(F)c(C)c2CC1. The lowest BCUT2D eigenvalue weighted by Gasteiger charge is -2.19. The van der Waals surface area contributed by atoms with Crippen molar-refractivity contribution >= 4 is 5.83 Å². The minimum Gasteiger partial charge on any atom is -0.206 e. The van der Waals surface area contributed by atoms with Gasteiger partial charge in [-0.05, 0) is 49.5 Å². The summed E-state index contributed by atoms with van der Waals surface area (Å²) in [5, 5.41) is 0. The molecule has 2 rings (SSSR count). The Morgan fingerprint density at radius 3 is 2.40 bits per heavy atom. The minimum absolute atomic E-state index is 0.218. The summed E-state index contributed by atoms with van der Waals surface area (Å²) in [4.78, 5) is 0. The molecule has 0 heterocycles. The second-order valence-electron chi connectivity index (χ2n) is 3.92. The largest absolute Gasteiger partial charge is 0.206 e. The first kappa shape index (κ1) is 10.3. The molecule has 0 aliphatic heterocycles. The Morgan fingerprint density at radius 2 is 1.73 bits per heavy atom. The van der Waals surface area contributed by atoms with E-state index in [0.717, 1.165) is 6.07 Å². The first-order chi connectivity index (χ1) is 7.02. The van der Waals surface area contributed by atoms with Crippen molar-refractivity contribution in [3.63, 3.8) is 0 Å². The summed E-state index contributed by atoms with van der Waals surface area (Å²) in [6.45, 7) is 3.17. The van der Waals surface area contributed by atoms with Gasteiger partial charge in [0.15, 0.2) is 11.6 Å². The zero-order valence-electron chi connectivity index (χ0n) is 8.63. The highest BCUT2D eigenvalue weighted by Gasteiger charge is 2.22. The molecule has 0 radical (unpaired) electrons. The van der Waals surface area contributed by atoms with Crippen molar-refractivity contribution in [2.75, 3.05) is 0 Å². The van der Waals surface area contributed by atoms with E-state index < -0.39 is 17.5 Å². The highest BCUT2D eigenvalue weighted by Crippen LogP contribution is 2.35. The molecule has 0 saturated heterocycles. The molecule has 1 aromatic carbocycles. The summed E-state index contributed by atoms with van der Waals surface area (Å²) in [5.74, 6) is -2.24. The van der Waals surface area contributed by atoms with Gasteiger partial charge in [0.2, 0.25) is 0 Å². The number of benzene rings is 1. The molecule has 0 unspecified atom stereocenters.